The Morgan fingerprint density at radius 1 is 1.08 bits per heavy atom. The van der Waals surface area contributed by atoms with Gasteiger partial charge in [0.2, 0.25) is 0 Å². The van der Waals surface area contributed by atoms with Crippen LogP contribution < -0.4 is 14.4 Å². The summed E-state index contributed by atoms with van der Waals surface area (Å²) in [4.78, 5) is 21.9. The van der Waals surface area contributed by atoms with E-state index in [9.17, 15) is 4.79 Å². The van der Waals surface area contributed by atoms with Crippen LogP contribution >= 0.6 is 0 Å². The van der Waals surface area contributed by atoms with E-state index in [1.54, 1.807) is 44.4 Å². The number of nitrogens with one attached hydrogen (secondary N) is 1. The van der Waals surface area contributed by atoms with Crippen LogP contribution in [0.15, 0.2) is 36.4 Å². The van der Waals surface area contributed by atoms with Gasteiger partial charge in [0.15, 0.2) is 0 Å². The van der Waals surface area contributed by atoms with Crippen LogP contribution in [0.4, 0.5) is 5.69 Å². The number of aryl methyl sites for hydroxylation is 1. The Balaban J connectivity index is 1.95. The highest BCUT2D eigenvalue weighted by Crippen LogP contribution is 2.26. The predicted molar refractivity (Wildman–Crippen MR) is 93.1 cm³/mol. The smallest absolute Gasteiger partial charge is 0.258 e. The number of amides is 1. The summed E-state index contributed by atoms with van der Waals surface area (Å²) in [5, 5.41) is 0. The molecule has 0 saturated heterocycles. The summed E-state index contributed by atoms with van der Waals surface area (Å²) in [5.74, 6) is 1.84. The molecule has 0 unspecified atom stereocenters. The van der Waals surface area contributed by atoms with E-state index in [1.807, 2.05) is 25.1 Å². The molecule has 0 aliphatic rings. The fourth-order valence-corrected chi connectivity index (χ4v) is 2.58. The molecule has 124 valence electrons. The fraction of sp³-hybridized carbons (Fsp3) is 0.222. The van der Waals surface area contributed by atoms with Gasteiger partial charge in [-0.2, -0.15) is 0 Å². The van der Waals surface area contributed by atoms with Crippen LogP contribution in [-0.2, 0) is 0 Å². The van der Waals surface area contributed by atoms with Crippen molar-refractivity contribution >= 4 is 22.6 Å². The minimum atomic E-state index is -0.150. The summed E-state index contributed by atoms with van der Waals surface area (Å²) >= 11 is 0. The van der Waals surface area contributed by atoms with Gasteiger partial charge < -0.3 is 19.4 Å². The van der Waals surface area contributed by atoms with Gasteiger partial charge in [0, 0.05) is 24.4 Å². The number of aromatic amines is 1. The zero-order chi connectivity index (χ0) is 17.3. The largest absolute Gasteiger partial charge is 0.497 e. The van der Waals surface area contributed by atoms with Crippen LogP contribution in [0.2, 0.25) is 0 Å². The lowest BCUT2D eigenvalue weighted by molar-refractivity contribution is 0.0992. The minimum absolute atomic E-state index is 0.150. The van der Waals surface area contributed by atoms with Crippen LogP contribution in [0.3, 0.4) is 0 Å². The Hall–Kier alpha value is -3.02. The summed E-state index contributed by atoms with van der Waals surface area (Å²) in [5.41, 5.74) is 3.04. The Labute approximate surface area is 140 Å². The lowest BCUT2D eigenvalue weighted by Gasteiger charge is -2.18. The summed E-state index contributed by atoms with van der Waals surface area (Å²) < 4.78 is 10.5. The van der Waals surface area contributed by atoms with Gasteiger partial charge in [-0.25, -0.2) is 4.98 Å². The highest BCUT2D eigenvalue weighted by atomic mass is 16.5. The van der Waals surface area contributed by atoms with Crippen molar-refractivity contribution in [3.05, 3.63) is 47.8 Å². The number of fused-ring (bicyclic) bond motifs is 1. The maximum absolute atomic E-state index is 12.8. The second-order valence-corrected chi connectivity index (χ2v) is 5.49. The molecule has 1 amide bonds. The maximum atomic E-state index is 12.8. The summed E-state index contributed by atoms with van der Waals surface area (Å²) in [6.45, 7) is 1.90. The number of imidazole rings is 1. The number of rotatable bonds is 4. The van der Waals surface area contributed by atoms with Crippen molar-refractivity contribution in [2.24, 2.45) is 0 Å². The molecule has 0 saturated carbocycles. The number of ether oxygens (including phenoxy) is 2. The monoisotopic (exact) mass is 325 g/mol. The van der Waals surface area contributed by atoms with E-state index in [2.05, 4.69) is 9.97 Å². The fourth-order valence-electron chi connectivity index (χ4n) is 2.58. The molecule has 0 radical (unpaired) electrons. The van der Waals surface area contributed by atoms with Crippen molar-refractivity contribution in [3.63, 3.8) is 0 Å². The first kappa shape index (κ1) is 15.9. The molecule has 0 atom stereocenters. The second kappa shape index (κ2) is 6.23. The number of benzene rings is 2. The van der Waals surface area contributed by atoms with Crippen LogP contribution in [0.25, 0.3) is 11.0 Å². The van der Waals surface area contributed by atoms with Gasteiger partial charge in [0.1, 0.15) is 17.3 Å². The number of hydrogen-bond acceptors (Lipinski definition) is 4. The van der Waals surface area contributed by atoms with Crippen molar-refractivity contribution in [3.8, 4) is 11.5 Å². The standard InChI is InChI=1S/C18H19N3O3/c1-11-19-16-6-5-13(9-17(16)20-11)21(2)18(22)12-7-14(23-3)10-15(8-12)24-4/h5-10H,1-4H3,(H,19,20). The quantitative estimate of drug-likeness (QED) is 0.800. The van der Waals surface area contributed by atoms with Crippen LogP contribution in [0.5, 0.6) is 11.5 Å². The first-order valence-electron chi connectivity index (χ1n) is 7.49. The van der Waals surface area contributed by atoms with Crippen molar-refractivity contribution < 1.29 is 14.3 Å². The van der Waals surface area contributed by atoms with Crippen molar-refractivity contribution in [1.29, 1.82) is 0 Å². The SMILES string of the molecule is COc1cc(OC)cc(C(=O)N(C)c2ccc3nc(C)[nH]c3c2)c1. The number of anilines is 1. The van der Waals surface area contributed by atoms with Gasteiger partial charge in [0.05, 0.1) is 25.3 Å². The number of carbonyl (C=O) groups is 1. The van der Waals surface area contributed by atoms with E-state index in [4.69, 9.17) is 9.47 Å². The Morgan fingerprint density at radius 3 is 2.38 bits per heavy atom. The topological polar surface area (TPSA) is 67.5 Å². The summed E-state index contributed by atoms with van der Waals surface area (Å²) in [6, 6.07) is 10.8. The summed E-state index contributed by atoms with van der Waals surface area (Å²) in [7, 11) is 4.85. The zero-order valence-corrected chi connectivity index (χ0v) is 14.1. The number of methoxy groups -OCH3 is 2. The molecule has 0 bridgehead atoms. The van der Waals surface area contributed by atoms with Gasteiger partial charge in [-0.3, -0.25) is 4.79 Å². The predicted octanol–water partition coefficient (Wildman–Crippen LogP) is 3.17. The van der Waals surface area contributed by atoms with E-state index in [0.29, 0.717) is 17.1 Å². The van der Waals surface area contributed by atoms with E-state index >= 15 is 0 Å². The van der Waals surface area contributed by atoms with Gasteiger partial charge in [-0.05, 0) is 37.3 Å². The molecule has 1 aromatic heterocycles. The highest BCUT2D eigenvalue weighted by Gasteiger charge is 2.16. The number of aromatic nitrogens is 2. The molecular formula is C18H19N3O3. The lowest BCUT2D eigenvalue weighted by atomic mass is 10.1. The maximum Gasteiger partial charge on any atom is 0.258 e. The first-order valence-corrected chi connectivity index (χ1v) is 7.49. The number of nitrogens with zero attached hydrogens (tertiary/aromatic N) is 2. The number of carbonyl (C=O) groups excluding carboxylic acids is 1. The Kier molecular flexibility index (Phi) is 4.12. The molecule has 0 aliphatic heterocycles. The van der Waals surface area contributed by atoms with E-state index in [-0.39, 0.29) is 5.91 Å². The molecule has 1 heterocycles. The third-order valence-electron chi connectivity index (χ3n) is 3.87. The number of hydrogen-bond donors (Lipinski definition) is 1. The molecule has 0 spiro atoms. The van der Waals surface area contributed by atoms with Crippen LogP contribution in [0, 0.1) is 6.92 Å². The molecule has 0 fully saturated rings. The molecular weight excluding hydrogens is 306 g/mol. The third-order valence-corrected chi connectivity index (χ3v) is 3.87. The molecule has 6 heteroatoms. The van der Waals surface area contributed by atoms with Crippen LogP contribution in [0.1, 0.15) is 16.2 Å². The minimum Gasteiger partial charge on any atom is -0.497 e. The Morgan fingerprint density at radius 2 is 1.75 bits per heavy atom. The van der Waals surface area contributed by atoms with Crippen LogP contribution in [-0.4, -0.2) is 37.1 Å². The van der Waals surface area contributed by atoms with Gasteiger partial charge in [-0.15, -0.1) is 0 Å². The van der Waals surface area contributed by atoms with Crippen molar-refractivity contribution in [2.75, 3.05) is 26.2 Å². The molecule has 0 aliphatic carbocycles. The Bertz CT molecular complexity index is 879. The zero-order valence-electron chi connectivity index (χ0n) is 14.1. The normalized spacial score (nSPS) is 10.7. The average molecular weight is 325 g/mol. The molecule has 24 heavy (non-hydrogen) atoms. The molecule has 3 aromatic rings. The third kappa shape index (κ3) is 2.90. The van der Waals surface area contributed by atoms with Gasteiger partial charge in [-0.1, -0.05) is 0 Å². The highest BCUT2D eigenvalue weighted by molar-refractivity contribution is 6.06. The number of H-pyrrole nitrogens is 1. The van der Waals surface area contributed by atoms with Gasteiger partial charge >= 0.3 is 0 Å². The molecule has 6 nitrogen and oxygen atoms in total. The van der Waals surface area contributed by atoms with Crippen molar-refractivity contribution in [1.82, 2.24) is 9.97 Å². The van der Waals surface area contributed by atoms with Gasteiger partial charge in [0.25, 0.3) is 5.91 Å². The van der Waals surface area contributed by atoms with E-state index in [1.165, 1.54) is 0 Å². The lowest BCUT2D eigenvalue weighted by Crippen LogP contribution is -2.26. The van der Waals surface area contributed by atoms with Crippen molar-refractivity contribution in [2.45, 2.75) is 6.92 Å². The van der Waals surface area contributed by atoms with E-state index in [0.717, 1.165) is 22.5 Å². The second-order valence-electron chi connectivity index (χ2n) is 5.49. The first-order chi connectivity index (χ1) is 11.5. The molecule has 3 rings (SSSR count). The van der Waals surface area contributed by atoms with E-state index < -0.39 is 0 Å². The average Bonchev–Trinajstić information content (AvgIpc) is 2.98. The molecule has 2 aromatic carbocycles. The molecule has 1 N–H and O–H groups in total. The summed E-state index contributed by atoms with van der Waals surface area (Å²) in [6.07, 6.45) is 0.